The number of hydrogen-bond acceptors (Lipinski definition) is 5. The monoisotopic (exact) mass is 492 g/mol. The van der Waals surface area contributed by atoms with E-state index in [0.717, 1.165) is 29.2 Å². The Kier molecular flexibility index (Phi) is 6.04. The van der Waals surface area contributed by atoms with Crippen LogP contribution in [0.4, 0.5) is 5.69 Å². The Morgan fingerprint density at radius 3 is 2.43 bits per heavy atom. The maximum Gasteiger partial charge on any atom is 0.229 e. The lowest BCUT2D eigenvalue weighted by atomic mass is 9.65. The first-order chi connectivity index (χ1) is 16.2. The summed E-state index contributed by atoms with van der Waals surface area (Å²) in [6, 6.07) is 14.4. The van der Waals surface area contributed by atoms with E-state index < -0.39 is 15.4 Å². The number of benzene rings is 2. The summed E-state index contributed by atoms with van der Waals surface area (Å²) in [5.41, 5.74) is 3.28. The van der Waals surface area contributed by atoms with Gasteiger partial charge in [0.1, 0.15) is 5.76 Å². The molecule has 0 saturated carbocycles. The molecule has 1 aromatic heterocycles. The van der Waals surface area contributed by atoms with Crippen molar-refractivity contribution in [2.75, 3.05) is 11.0 Å². The van der Waals surface area contributed by atoms with Crippen molar-refractivity contribution in [2.45, 2.75) is 52.9 Å². The third-order valence-electron chi connectivity index (χ3n) is 6.69. The third-order valence-corrected chi connectivity index (χ3v) is 7.30. The number of fused-ring (bicyclic) bond motifs is 2. The van der Waals surface area contributed by atoms with Crippen LogP contribution in [0.1, 0.15) is 62.9 Å². The first-order valence-electron chi connectivity index (χ1n) is 11.7. The number of aryl methyl sites for hydroxylation is 1. The maximum atomic E-state index is 14.1. The smallest absolute Gasteiger partial charge is 0.229 e. The Bertz CT molecular complexity index is 1480. The molecule has 0 fully saturated rings. The van der Waals surface area contributed by atoms with Crippen LogP contribution in [-0.4, -0.2) is 30.5 Å². The Labute approximate surface area is 207 Å². The number of pyridine rings is 1. The Morgan fingerprint density at radius 1 is 1.09 bits per heavy atom. The van der Waals surface area contributed by atoms with Gasteiger partial charge in [-0.3, -0.25) is 9.52 Å². The average molecular weight is 493 g/mol. The van der Waals surface area contributed by atoms with Crippen LogP contribution in [0.2, 0.25) is 0 Å². The molecule has 1 aliphatic carbocycles. The predicted molar refractivity (Wildman–Crippen MR) is 142 cm³/mol. The number of aromatic nitrogens is 1. The molecule has 1 atom stereocenters. The fourth-order valence-electron chi connectivity index (χ4n) is 4.72. The van der Waals surface area contributed by atoms with Crippen molar-refractivity contribution in [3.8, 4) is 0 Å². The fraction of sp³-hybridized carbons (Fsp3) is 0.357. The molecule has 35 heavy (non-hydrogen) atoms. The normalized spacial score (nSPS) is 18.6. The summed E-state index contributed by atoms with van der Waals surface area (Å²) in [6.07, 6.45) is 2.60. The highest BCUT2D eigenvalue weighted by Gasteiger charge is 2.45. The minimum absolute atomic E-state index is 0.0527. The van der Waals surface area contributed by atoms with E-state index in [4.69, 9.17) is 4.98 Å². The standard InChI is InChI=1S/C28H32N2O4S/c1-17-15-23(29-22-12-11-18(16-20(17)22)30-35(6,33)34)24-25(31)19-9-7-8-10-21(19)28(5,26(24)32)14-13-27(2,3)4/h7-12,15-16,30-31H,13-14H2,1-6H3/t28-/m1/s1. The van der Waals surface area contributed by atoms with Crippen molar-refractivity contribution in [3.05, 3.63) is 70.9 Å². The molecule has 7 heteroatoms. The lowest BCUT2D eigenvalue weighted by molar-refractivity contribution is -0.119. The Balaban J connectivity index is 1.87. The zero-order chi connectivity index (χ0) is 25.8. The fourth-order valence-corrected chi connectivity index (χ4v) is 5.28. The number of allylic oxidation sites excluding steroid dienone is 1. The van der Waals surface area contributed by atoms with Crippen LogP contribution in [0.5, 0.6) is 0 Å². The second-order valence-corrected chi connectivity index (χ2v) is 12.7. The molecule has 1 heterocycles. The largest absolute Gasteiger partial charge is 0.506 e. The molecular weight excluding hydrogens is 460 g/mol. The highest BCUT2D eigenvalue weighted by Crippen LogP contribution is 2.46. The molecule has 3 aromatic rings. The number of hydrogen-bond donors (Lipinski definition) is 2. The lowest BCUT2D eigenvalue weighted by Crippen LogP contribution is -2.38. The van der Waals surface area contributed by atoms with Crippen LogP contribution in [-0.2, 0) is 20.2 Å². The van der Waals surface area contributed by atoms with Crippen LogP contribution in [0.3, 0.4) is 0 Å². The summed E-state index contributed by atoms with van der Waals surface area (Å²) in [7, 11) is -3.41. The Morgan fingerprint density at radius 2 is 1.77 bits per heavy atom. The molecule has 184 valence electrons. The second kappa shape index (κ2) is 8.48. The number of carbonyl (C=O) groups excluding carboxylic acids is 1. The summed E-state index contributed by atoms with van der Waals surface area (Å²) >= 11 is 0. The van der Waals surface area contributed by atoms with Gasteiger partial charge in [0.2, 0.25) is 10.0 Å². The van der Waals surface area contributed by atoms with E-state index >= 15 is 0 Å². The van der Waals surface area contributed by atoms with Crippen molar-refractivity contribution >= 4 is 43.7 Å². The van der Waals surface area contributed by atoms with Crippen LogP contribution in [0.15, 0.2) is 48.5 Å². The Hall–Kier alpha value is -3.19. The minimum Gasteiger partial charge on any atom is -0.506 e. The number of anilines is 1. The number of Topliss-reactive ketones (excluding diaryl/α,β-unsaturated/α-hetero) is 1. The van der Waals surface area contributed by atoms with Crippen LogP contribution >= 0.6 is 0 Å². The van der Waals surface area contributed by atoms with Gasteiger partial charge in [-0.25, -0.2) is 13.4 Å². The van der Waals surface area contributed by atoms with Gasteiger partial charge in [0, 0.05) is 16.6 Å². The van der Waals surface area contributed by atoms with Crippen LogP contribution in [0.25, 0.3) is 22.2 Å². The number of aliphatic hydroxyl groups excluding tert-OH is 1. The average Bonchev–Trinajstić information content (AvgIpc) is 2.75. The van der Waals surface area contributed by atoms with Crippen LogP contribution < -0.4 is 4.72 Å². The highest BCUT2D eigenvalue weighted by molar-refractivity contribution is 7.92. The summed E-state index contributed by atoms with van der Waals surface area (Å²) in [5.74, 6) is -0.194. The van der Waals surface area contributed by atoms with Gasteiger partial charge >= 0.3 is 0 Å². The van der Waals surface area contributed by atoms with Gasteiger partial charge in [-0.1, -0.05) is 45.0 Å². The zero-order valence-corrected chi connectivity index (χ0v) is 21.9. The van der Waals surface area contributed by atoms with Crippen LogP contribution in [0, 0.1) is 12.3 Å². The van der Waals surface area contributed by atoms with Gasteiger partial charge in [0.05, 0.1) is 28.5 Å². The van der Waals surface area contributed by atoms with Gasteiger partial charge < -0.3 is 5.11 Å². The molecule has 0 aliphatic heterocycles. The topological polar surface area (TPSA) is 96.4 Å². The number of ketones is 1. The maximum absolute atomic E-state index is 14.1. The van der Waals surface area contributed by atoms with Gasteiger partial charge in [-0.05, 0) is 67.5 Å². The van der Waals surface area contributed by atoms with E-state index in [1.165, 1.54) is 0 Å². The molecule has 0 spiro atoms. The van der Waals surface area contributed by atoms with E-state index in [9.17, 15) is 18.3 Å². The molecule has 0 saturated heterocycles. The number of rotatable bonds is 5. The summed E-state index contributed by atoms with van der Waals surface area (Å²) < 4.78 is 25.7. The molecular formula is C28H32N2O4S. The SMILES string of the molecule is Cc1cc(C2=C(O)c3ccccc3[C@@](C)(CCC(C)(C)C)C2=O)nc2ccc(NS(C)(=O)=O)cc12. The number of sulfonamides is 1. The molecule has 1 aliphatic rings. The van der Waals surface area contributed by atoms with Gasteiger partial charge in [-0.15, -0.1) is 0 Å². The quantitative estimate of drug-likeness (QED) is 0.455. The summed E-state index contributed by atoms with van der Waals surface area (Å²) in [5, 5.41) is 12.0. The van der Waals surface area contributed by atoms with Gasteiger partial charge in [0.25, 0.3) is 0 Å². The van der Waals surface area contributed by atoms with E-state index in [1.54, 1.807) is 24.3 Å². The predicted octanol–water partition coefficient (Wildman–Crippen LogP) is 6.01. The molecule has 0 bridgehead atoms. The summed E-state index contributed by atoms with van der Waals surface area (Å²) in [6.45, 7) is 10.3. The molecule has 2 N–H and O–H groups in total. The van der Waals surface area contributed by atoms with Crippen molar-refractivity contribution in [1.29, 1.82) is 0 Å². The number of nitrogens with one attached hydrogen (secondary N) is 1. The second-order valence-electron chi connectivity index (χ2n) is 10.9. The number of carbonyl (C=O) groups is 1. The molecule has 2 aromatic carbocycles. The first kappa shape index (κ1) is 24.9. The van der Waals surface area contributed by atoms with Crippen molar-refractivity contribution in [3.63, 3.8) is 0 Å². The first-order valence-corrected chi connectivity index (χ1v) is 13.6. The van der Waals surface area contributed by atoms with E-state index in [2.05, 4.69) is 25.5 Å². The van der Waals surface area contributed by atoms with Crippen molar-refractivity contribution < 1.29 is 18.3 Å². The third kappa shape index (κ3) is 4.82. The summed E-state index contributed by atoms with van der Waals surface area (Å²) in [4.78, 5) is 18.8. The molecule has 0 radical (unpaired) electrons. The van der Waals surface area contributed by atoms with Crippen molar-refractivity contribution in [2.24, 2.45) is 5.41 Å². The molecule has 4 rings (SSSR count). The van der Waals surface area contributed by atoms with Gasteiger partial charge in [0.15, 0.2) is 5.78 Å². The van der Waals surface area contributed by atoms with Gasteiger partial charge in [-0.2, -0.15) is 0 Å². The highest BCUT2D eigenvalue weighted by atomic mass is 32.2. The number of aliphatic hydroxyl groups is 1. The number of nitrogens with zero attached hydrogens (tertiary/aromatic N) is 1. The molecule has 0 amide bonds. The van der Waals surface area contributed by atoms with Crippen molar-refractivity contribution in [1.82, 2.24) is 4.98 Å². The van der Waals surface area contributed by atoms with E-state index in [1.807, 2.05) is 38.1 Å². The molecule has 6 nitrogen and oxygen atoms in total. The zero-order valence-electron chi connectivity index (χ0n) is 21.1. The van der Waals surface area contributed by atoms with E-state index in [0.29, 0.717) is 28.9 Å². The van der Waals surface area contributed by atoms with E-state index in [-0.39, 0.29) is 22.5 Å². The molecule has 0 unspecified atom stereocenters. The lowest BCUT2D eigenvalue weighted by Gasteiger charge is -2.37. The minimum atomic E-state index is -3.41.